The van der Waals surface area contributed by atoms with E-state index in [2.05, 4.69) is 17.5 Å². The highest BCUT2D eigenvalue weighted by molar-refractivity contribution is 7.89. The van der Waals surface area contributed by atoms with E-state index in [-0.39, 0.29) is 10.9 Å². The van der Waals surface area contributed by atoms with Crippen LogP contribution in [0.15, 0.2) is 41.3 Å². The van der Waals surface area contributed by atoms with E-state index in [0.717, 1.165) is 24.8 Å². The molecule has 1 aromatic rings. The van der Waals surface area contributed by atoms with Gasteiger partial charge in [-0.2, -0.15) is 0 Å². The minimum Gasteiger partial charge on any atom is -0.307 e. The van der Waals surface area contributed by atoms with E-state index in [1.807, 2.05) is 13.0 Å². The first-order valence-corrected chi connectivity index (χ1v) is 8.05. The molecule has 0 aliphatic heterocycles. The number of nitrogens with two attached hydrogens (primary N) is 1. The highest BCUT2D eigenvalue weighted by Gasteiger charge is 2.15. The molecule has 5 heteroatoms. The third kappa shape index (κ3) is 3.89. The van der Waals surface area contributed by atoms with Crippen molar-refractivity contribution in [3.8, 4) is 0 Å². The minimum absolute atomic E-state index is 0.109. The lowest BCUT2D eigenvalue weighted by Crippen LogP contribution is -2.32. The maximum atomic E-state index is 11.3. The fourth-order valence-electron chi connectivity index (χ4n) is 2.36. The molecule has 0 heterocycles. The summed E-state index contributed by atoms with van der Waals surface area (Å²) >= 11 is 0. The third-order valence-electron chi connectivity index (χ3n) is 3.44. The first-order valence-electron chi connectivity index (χ1n) is 6.50. The Morgan fingerprint density at radius 2 is 2.16 bits per heavy atom. The van der Waals surface area contributed by atoms with Gasteiger partial charge in [-0.15, -0.1) is 0 Å². The number of hydrogen-bond acceptors (Lipinski definition) is 3. The quantitative estimate of drug-likeness (QED) is 0.830. The lowest BCUT2D eigenvalue weighted by molar-refractivity contribution is 0.425. The molecule has 0 saturated heterocycles. The van der Waals surface area contributed by atoms with E-state index >= 15 is 0 Å². The van der Waals surface area contributed by atoms with Gasteiger partial charge in [0, 0.05) is 12.1 Å². The third-order valence-corrected chi connectivity index (χ3v) is 4.35. The van der Waals surface area contributed by atoms with Gasteiger partial charge >= 0.3 is 0 Å². The van der Waals surface area contributed by atoms with E-state index in [0.29, 0.717) is 6.04 Å². The van der Waals surface area contributed by atoms with E-state index in [1.54, 1.807) is 12.1 Å². The van der Waals surface area contributed by atoms with Gasteiger partial charge in [0.1, 0.15) is 0 Å². The summed E-state index contributed by atoms with van der Waals surface area (Å²) in [4.78, 5) is 0.169. The zero-order valence-corrected chi connectivity index (χ0v) is 11.9. The molecule has 0 saturated carbocycles. The molecule has 0 bridgehead atoms. The summed E-state index contributed by atoms with van der Waals surface area (Å²) in [6, 6.07) is 7.39. The van der Waals surface area contributed by atoms with Crippen LogP contribution in [0.2, 0.25) is 0 Å². The van der Waals surface area contributed by atoms with Crippen molar-refractivity contribution in [1.29, 1.82) is 0 Å². The number of allylic oxidation sites excluding steroid dienone is 1. The normalized spacial score (nSPS) is 21.3. The second-order valence-corrected chi connectivity index (χ2v) is 6.55. The Labute approximate surface area is 114 Å². The number of primary sulfonamides is 1. The van der Waals surface area contributed by atoms with Gasteiger partial charge in [0.05, 0.1) is 4.90 Å². The Bertz CT molecular complexity index is 567. The van der Waals surface area contributed by atoms with Crippen LogP contribution in [0.25, 0.3) is 0 Å². The zero-order chi connectivity index (χ0) is 13.9. The fourth-order valence-corrected chi connectivity index (χ4v) is 2.92. The van der Waals surface area contributed by atoms with E-state index in [4.69, 9.17) is 5.14 Å². The molecule has 1 aliphatic carbocycles. The highest BCUT2D eigenvalue weighted by atomic mass is 32.2. The second-order valence-electron chi connectivity index (χ2n) is 4.99. The smallest absolute Gasteiger partial charge is 0.238 e. The summed E-state index contributed by atoms with van der Waals surface area (Å²) in [7, 11) is -3.63. The van der Waals surface area contributed by atoms with Crippen molar-refractivity contribution in [3.63, 3.8) is 0 Å². The van der Waals surface area contributed by atoms with Crippen LogP contribution in [0.1, 0.15) is 37.8 Å². The van der Waals surface area contributed by atoms with Crippen LogP contribution < -0.4 is 10.5 Å². The lowest BCUT2D eigenvalue weighted by atomic mass is 9.99. The van der Waals surface area contributed by atoms with Crippen LogP contribution in [0.4, 0.5) is 0 Å². The molecule has 104 valence electrons. The summed E-state index contributed by atoms with van der Waals surface area (Å²) in [5.41, 5.74) is 0.945. The van der Waals surface area contributed by atoms with Gasteiger partial charge in [-0.3, -0.25) is 0 Å². The highest BCUT2D eigenvalue weighted by Crippen LogP contribution is 2.20. The van der Waals surface area contributed by atoms with Gasteiger partial charge in [-0.25, -0.2) is 13.6 Å². The molecule has 1 aromatic carbocycles. The number of sulfonamides is 1. The molecule has 2 rings (SSSR count). The SMILES string of the molecule is CC(NC1CC=CCC1)c1cccc(S(N)(=O)=O)c1. The number of nitrogens with one attached hydrogen (secondary N) is 1. The molecule has 0 spiro atoms. The molecule has 3 N–H and O–H groups in total. The molecule has 0 fully saturated rings. The Balaban J connectivity index is 2.10. The number of benzene rings is 1. The average Bonchev–Trinajstić information content (AvgIpc) is 2.39. The minimum atomic E-state index is -3.63. The van der Waals surface area contributed by atoms with Crippen LogP contribution in [0, 0.1) is 0 Å². The summed E-state index contributed by atoms with van der Waals surface area (Å²) in [5, 5.41) is 8.68. The summed E-state index contributed by atoms with van der Waals surface area (Å²) < 4.78 is 22.7. The van der Waals surface area contributed by atoms with Gasteiger partial charge in [0.2, 0.25) is 10.0 Å². The first kappa shape index (κ1) is 14.2. The first-order chi connectivity index (χ1) is 8.97. The average molecular weight is 280 g/mol. The zero-order valence-electron chi connectivity index (χ0n) is 11.0. The topological polar surface area (TPSA) is 72.2 Å². The van der Waals surface area contributed by atoms with Crippen LogP contribution in [0.3, 0.4) is 0 Å². The fraction of sp³-hybridized carbons (Fsp3) is 0.429. The van der Waals surface area contributed by atoms with E-state index in [9.17, 15) is 8.42 Å². The monoisotopic (exact) mass is 280 g/mol. The maximum absolute atomic E-state index is 11.3. The van der Waals surface area contributed by atoms with Gasteiger partial charge in [-0.05, 0) is 43.9 Å². The van der Waals surface area contributed by atoms with Gasteiger partial charge in [-0.1, -0.05) is 24.3 Å². The van der Waals surface area contributed by atoms with E-state index in [1.165, 1.54) is 6.07 Å². The van der Waals surface area contributed by atoms with Crippen molar-refractivity contribution in [2.24, 2.45) is 5.14 Å². The standard InChI is InChI=1S/C14H20N2O2S/c1-11(16-13-7-3-2-4-8-13)12-6-5-9-14(10-12)19(15,17)18/h2-3,5-6,9-11,13,16H,4,7-8H2,1H3,(H2,15,17,18). The summed E-state index contributed by atoms with van der Waals surface area (Å²) in [6.45, 7) is 2.04. The molecule has 4 nitrogen and oxygen atoms in total. The predicted octanol–water partition coefficient (Wildman–Crippen LogP) is 2.09. The Hall–Kier alpha value is -1.17. The van der Waals surface area contributed by atoms with E-state index < -0.39 is 10.0 Å². The molecule has 1 aliphatic rings. The summed E-state index contributed by atoms with van der Waals surface area (Å²) in [6.07, 6.45) is 7.63. The molecular weight excluding hydrogens is 260 g/mol. The van der Waals surface area contributed by atoms with Crippen LogP contribution in [-0.2, 0) is 10.0 Å². The number of rotatable bonds is 4. The molecular formula is C14H20N2O2S. The van der Waals surface area contributed by atoms with Crippen molar-refractivity contribution in [2.45, 2.75) is 43.2 Å². The van der Waals surface area contributed by atoms with Gasteiger partial charge in [0.25, 0.3) is 0 Å². The summed E-state index contributed by atoms with van der Waals surface area (Å²) in [5.74, 6) is 0. The molecule has 0 amide bonds. The van der Waals surface area contributed by atoms with Gasteiger partial charge < -0.3 is 5.32 Å². The molecule has 0 radical (unpaired) electrons. The largest absolute Gasteiger partial charge is 0.307 e. The molecule has 2 unspecified atom stereocenters. The van der Waals surface area contributed by atoms with Gasteiger partial charge in [0.15, 0.2) is 0 Å². The van der Waals surface area contributed by atoms with Crippen molar-refractivity contribution in [3.05, 3.63) is 42.0 Å². The Morgan fingerprint density at radius 3 is 2.79 bits per heavy atom. The molecule has 2 atom stereocenters. The Morgan fingerprint density at radius 1 is 1.37 bits per heavy atom. The number of hydrogen-bond donors (Lipinski definition) is 2. The van der Waals surface area contributed by atoms with Crippen LogP contribution in [-0.4, -0.2) is 14.5 Å². The Kier molecular flexibility index (Phi) is 4.39. The van der Waals surface area contributed by atoms with Crippen molar-refractivity contribution < 1.29 is 8.42 Å². The van der Waals surface area contributed by atoms with Crippen molar-refractivity contribution in [2.75, 3.05) is 0 Å². The lowest BCUT2D eigenvalue weighted by Gasteiger charge is -2.24. The van der Waals surface area contributed by atoms with Crippen molar-refractivity contribution >= 4 is 10.0 Å². The predicted molar refractivity (Wildman–Crippen MR) is 76.1 cm³/mol. The molecule has 0 aromatic heterocycles. The molecule has 19 heavy (non-hydrogen) atoms. The van der Waals surface area contributed by atoms with Crippen molar-refractivity contribution in [1.82, 2.24) is 5.32 Å². The van der Waals surface area contributed by atoms with Crippen LogP contribution in [0.5, 0.6) is 0 Å². The van der Waals surface area contributed by atoms with Crippen LogP contribution >= 0.6 is 0 Å². The second kappa shape index (κ2) is 5.86. The maximum Gasteiger partial charge on any atom is 0.238 e.